The summed E-state index contributed by atoms with van der Waals surface area (Å²) in [4.78, 5) is 11.6. The van der Waals surface area contributed by atoms with Crippen LogP contribution >= 0.6 is 0 Å². The second-order valence-electron chi connectivity index (χ2n) is 4.87. The molecule has 0 atom stereocenters. The van der Waals surface area contributed by atoms with Crippen LogP contribution in [0.4, 0.5) is 0 Å². The van der Waals surface area contributed by atoms with Gasteiger partial charge in [-0.25, -0.2) is 0 Å². The average Bonchev–Trinajstić information content (AvgIpc) is 2.16. The van der Waals surface area contributed by atoms with Crippen LogP contribution in [0.3, 0.4) is 0 Å². The number of rotatable bonds is 5. The molecule has 0 amide bonds. The SMILES string of the molecule is CC(C)CCC(=O)CC1CCNCC1. The minimum absolute atomic E-state index is 0.477. The van der Waals surface area contributed by atoms with E-state index in [1.807, 2.05) is 0 Å². The molecule has 0 aliphatic carbocycles. The van der Waals surface area contributed by atoms with Gasteiger partial charge in [0, 0.05) is 12.8 Å². The molecule has 0 aromatic rings. The van der Waals surface area contributed by atoms with Gasteiger partial charge in [0.25, 0.3) is 0 Å². The Balaban J connectivity index is 2.12. The van der Waals surface area contributed by atoms with Crippen molar-refractivity contribution in [1.29, 1.82) is 0 Å². The standard InChI is InChI=1S/C12H23NO/c1-10(2)3-4-12(14)9-11-5-7-13-8-6-11/h10-11,13H,3-9H2,1-2H3. The van der Waals surface area contributed by atoms with Gasteiger partial charge in [-0.2, -0.15) is 0 Å². The van der Waals surface area contributed by atoms with Crippen LogP contribution in [0.5, 0.6) is 0 Å². The molecule has 1 N–H and O–H groups in total. The van der Waals surface area contributed by atoms with Gasteiger partial charge in [-0.15, -0.1) is 0 Å². The minimum Gasteiger partial charge on any atom is -0.317 e. The van der Waals surface area contributed by atoms with Crippen molar-refractivity contribution in [3.05, 3.63) is 0 Å². The molecule has 0 unspecified atom stereocenters. The first kappa shape index (κ1) is 11.7. The maximum Gasteiger partial charge on any atom is 0.133 e. The molecular formula is C12H23NO. The number of carbonyl (C=O) groups is 1. The van der Waals surface area contributed by atoms with Gasteiger partial charge < -0.3 is 5.32 Å². The van der Waals surface area contributed by atoms with Crippen molar-refractivity contribution >= 4 is 5.78 Å². The number of nitrogens with one attached hydrogen (secondary N) is 1. The van der Waals surface area contributed by atoms with Crippen molar-refractivity contribution in [3.8, 4) is 0 Å². The second-order valence-corrected chi connectivity index (χ2v) is 4.87. The third kappa shape index (κ3) is 4.75. The van der Waals surface area contributed by atoms with E-state index in [0.717, 1.165) is 32.4 Å². The Morgan fingerprint density at radius 3 is 2.57 bits per heavy atom. The second kappa shape index (κ2) is 6.18. The lowest BCUT2D eigenvalue weighted by molar-refractivity contribution is -0.120. The van der Waals surface area contributed by atoms with Crippen LogP contribution in [0.15, 0.2) is 0 Å². The summed E-state index contributed by atoms with van der Waals surface area (Å²) in [5.74, 6) is 1.80. The molecule has 0 aromatic carbocycles. The monoisotopic (exact) mass is 197 g/mol. The van der Waals surface area contributed by atoms with E-state index in [1.54, 1.807) is 0 Å². The van der Waals surface area contributed by atoms with Crippen LogP contribution < -0.4 is 5.32 Å². The van der Waals surface area contributed by atoms with Gasteiger partial charge >= 0.3 is 0 Å². The highest BCUT2D eigenvalue weighted by atomic mass is 16.1. The van der Waals surface area contributed by atoms with Crippen LogP contribution in [-0.2, 0) is 4.79 Å². The highest BCUT2D eigenvalue weighted by Crippen LogP contribution is 2.18. The topological polar surface area (TPSA) is 29.1 Å². The van der Waals surface area contributed by atoms with Crippen molar-refractivity contribution in [2.24, 2.45) is 11.8 Å². The van der Waals surface area contributed by atoms with Crippen LogP contribution in [0.25, 0.3) is 0 Å². The number of piperidine rings is 1. The Hall–Kier alpha value is -0.370. The highest BCUT2D eigenvalue weighted by Gasteiger charge is 2.16. The molecule has 2 heteroatoms. The summed E-state index contributed by atoms with van der Waals surface area (Å²) >= 11 is 0. The van der Waals surface area contributed by atoms with Gasteiger partial charge in [0.15, 0.2) is 0 Å². The van der Waals surface area contributed by atoms with E-state index in [0.29, 0.717) is 17.6 Å². The van der Waals surface area contributed by atoms with Gasteiger partial charge in [0.05, 0.1) is 0 Å². The number of hydrogen-bond acceptors (Lipinski definition) is 2. The maximum atomic E-state index is 11.6. The van der Waals surface area contributed by atoms with E-state index in [1.165, 1.54) is 12.8 Å². The van der Waals surface area contributed by atoms with E-state index in [4.69, 9.17) is 0 Å². The molecule has 0 radical (unpaired) electrons. The molecule has 1 aliphatic heterocycles. The summed E-state index contributed by atoms with van der Waals surface area (Å²) in [5, 5.41) is 3.33. The maximum absolute atomic E-state index is 11.6. The zero-order chi connectivity index (χ0) is 10.4. The van der Waals surface area contributed by atoms with E-state index in [9.17, 15) is 4.79 Å². The Labute approximate surface area is 87.5 Å². The minimum atomic E-state index is 0.477. The lowest BCUT2D eigenvalue weighted by Crippen LogP contribution is -2.28. The molecule has 0 saturated carbocycles. The first-order valence-corrected chi connectivity index (χ1v) is 5.91. The molecule has 1 heterocycles. The summed E-state index contributed by atoms with van der Waals surface area (Å²) in [5.41, 5.74) is 0. The largest absolute Gasteiger partial charge is 0.317 e. The quantitative estimate of drug-likeness (QED) is 0.733. The Kier molecular flexibility index (Phi) is 5.16. The predicted octanol–water partition coefficient (Wildman–Crippen LogP) is 2.38. The number of hydrogen-bond donors (Lipinski definition) is 1. The number of carbonyl (C=O) groups excluding carboxylic acids is 1. The molecule has 82 valence electrons. The van der Waals surface area contributed by atoms with Crippen LogP contribution in [0.2, 0.25) is 0 Å². The molecule has 1 saturated heterocycles. The molecule has 1 fully saturated rings. The molecule has 14 heavy (non-hydrogen) atoms. The molecule has 0 spiro atoms. The van der Waals surface area contributed by atoms with E-state index >= 15 is 0 Å². The van der Waals surface area contributed by atoms with Gasteiger partial charge in [-0.05, 0) is 44.2 Å². The third-order valence-corrected chi connectivity index (χ3v) is 2.98. The summed E-state index contributed by atoms with van der Waals surface area (Å²) < 4.78 is 0. The Morgan fingerprint density at radius 1 is 1.36 bits per heavy atom. The smallest absolute Gasteiger partial charge is 0.133 e. The zero-order valence-corrected chi connectivity index (χ0v) is 9.51. The van der Waals surface area contributed by atoms with Gasteiger partial charge in [0.2, 0.25) is 0 Å². The fraction of sp³-hybridized carbons (Fsp3) is 0.917. The van der Waals surface area contributed by atoms with Crippen molar-refractivity contribution in [2.45, 2.75) is 46.0 Å². The molecule has 1 aliphatic rings. The van der Waals surface area contributed by atoms with Crippen molar-refractivity contribution in [1.82, 2.24) is 5.32 Å². The molecule has 2 nitrogen and oxygen atoms in total. The predicted molar refractivity (Wildman–Crippen MR) is 59.3 cm³/mol. The van der Waals surface area contributed by atoms with Crippen LogP contribution in [-0.4, -0.2) is 18.9 Å². The van der Waals surface area contributed by atoms with Crippen LogP contribution in [0, 0.1) is 11.8 Å². The van der Waals surface area contributed by atoms with Crippen molar-refractivity contribution in [2.75, 3.05) is 13.1 Å². The molecular weight excluding hydrogens is 174 g/mol. The molecule has 0 bridgehead atoms. The van der Waals surface area contributed by atoms with E-state index in [-0.39, 0.29) is 0 Å². The molecule has 0 aromatic heterocycles. The van der Waals surface area contributed by atoms with E-state index in [2.05, 4.69) is 19.2 Å². The number of Topliss-reactive ketones (excluding diaryl/α,β-unsaturated/α-hetero) is 1. The lowest BCUT2D eigenvalue weighted by atomic mass is 9.91. The van der Waals surface area contributed by atoms with E-state index < -0.39 is 0 Å². The van der Waals surface area contributed by atoms with Crippen molar-refractivity contribution < 1.29 is 4.79 Å². The summed E-state index contributed by atoms with van der Waals surface area (Å²) in [6.07, 6.45) is 5.06. The third-order valence-electron chi connectivity index (χ3n) is 2.98. The average molecular weight is 197 g/mol. The first-order valence-electron chi connectivity index (χ1n) is 5.91. The first-order chi connectivity index (χ1) is 6.68. The summed E-state index contributed by atoms with van der Waals surface area (Å²) in [6.45, 7) is 6.56. The fourth-order valence-electron chi connectivity index (χ4n) is 1.96. The van der Waals surface area contributed by atoms with Gasteiger partial charge in [-0.3, -0.25) is 4.79 Å². The summed E-state index contributed by atoms with van der Waals surface area (Å²) in [6, 6.07) is 0. The Morgan fingerprint density at radius 2 is 2.00 bits per heavy atom. The van der Waals surface area contributed by atoms with Gasteiger partial charge in [-0.1, -0.05) is 13.8 Å². The Bertz CT molecular complexity index is 171. The highest BCUT2D eigenvalue weighted by molar-refractivity contribution is 5.78. The van der Waals surface area contributed by atoms with Gasteiger partial charge in [0.1, 0.15) is 5.78 Å². The fourth-order valence-corrected chi connectivity index (χ4v) is 1.96. The zero-order valence-electron chi connectivity index (χ0n) is 9.51. The molecule has 1 rings (SSSR count). The normalized spacial score (nSPS) is 18.8. The summed E-state index contributed by atoms with van der Waals surface area (Å²) in [7, 11) is 0. The van der Waals surface area contributed by atoms with Crippen LogP contribution in [0.1, 0.15) is 46.0 Å². The lowest BCUT2D eigenvalue weighted by Gasteiger charge is -2.21. The number of ketones is 1. The van der Waals surface area contributed by atoms with Crippen molar-refractivity contribution in [3.63, 3.8) is 0 Å².